The summed E-state index contributed by atoms with van der Waals surface area (Å²) in [4.78, 5) is 15.9. The van der Waals surface area contributed by atoms with E-state index < -0.39 is 5.97 Å². The average Bonchev–Trinajstić information content (AvgIpc) is 2.63. The molecule has 1 aromatic carbocycles. The van der Waals surface area contributed by atoms with Crippen LogP contribution in [0.3, 0.4) is 0 Å². The maximum absolute atomic E-state index is 11.4. The molecule has 0 saturated heterocycles. The fourth-order valence-corrected chi connectivity index (χ4v) is 2.62. The van der Waals surface area contributed by atoms with Crippen LogP contribution in [-0.2, 0) is 11.2 Å². The first-order valence-corrected chi connectivity index (χ1v) is 8.77. The smallest absolute Gasteiger partial charge is 0.336 e. The summed E-state index contributed by atoms with van der Waals surface area (Å²) in [7, 11) is 0. The predicted molar refractivity (Wildman–Crippen MR) is 103 cm³/mol. The Kier molecular flexibility index (Phi) is 7.15. The lowest BCUT2D eigenvalue weighted by molar-refractivity contribution is -0.130. The number of unbranched alkanes of at least 4 members (excludes halogenated alkanes) is 2. The van der Waals surface area contributed by atoms with Crippen LogP contribution in [0.15, 0.2) is 60.8 Å². The number of rotatable bonds is 8. The van der Waals surface area contributed by atoms with Gasteiger partial charge in [0, 0.05) is 17.5 Å². The van der Waals surface area contributed by atoms with E-state index in [-0.39, 0.29) is 5.57 Å². The van der Waals surface area contributed by atoms with Crippen molar-refractivity contribution < 1.29 is 9.90 Å². The maximum Gasteiger partial charge on any atom is 0.336 e. The first-order chi connectivity index (χ1) is 12.2. The molecular weight excluding hydrogens is 310 g/mol. The van der Waals surface area contributed by atoms with Crippen molar-refractivity contribution in [3.8, 4) is 11.1 Å². The number of carbonyl (C=O) groups is 1. The molecule has 0 unspecified atom stereocenters. The quantitative estimate of drug-likeness (QED) is 0.392. The number of benzene rings is 1. The highest BCUT2D eigenvalue weighted by Crippen LogP contribution is 2.23. The lowest BCUT2D eigenvalue weighted by Gasteiger charge is -2.06. The molecule has 1 heterocycles. The summed E-state index contributed by atoms with van der Waals surface area (Å²) < 4.78 is 0. The van der Waals surface area contributed by atoms with E-state index in [9.17, 15) is 9.90 Å². The minimum Gasteiger partial charge on any atom is -0.478 e. The molecule has 0 spiro atoms. The minimum absolute atomic E-state index is 0.286. The van der Waals surface area contributed by atoms with E-state index in [2.05, 4.69) is 24.0 Å². The van der Waals surface area contributed by atoms with Crippen molar-refractivity contribution in [2.75, 3.05) is 0 Å². The number of carboxylic acids is 1. The van der Waals surface area contributed by atoms with Crippen LogP contribution >= 0.6 is 0 Å². The number of allylic oxidation sites excluding steroid dienone is 3. The molecule has 0 aliphatic heterocycles. The van der Waals surface area contributed by atoms with Gasteiger partial charge in [0.1, 0.15) is 0 Å². The average molecular weight is 335 g/mol. The van der Waals surface area contributed by atoms with Crippen LogP contribution < -0.4 is 0 Å². The molecule has 0 radical (unpaired) electrons. The second-order valence-electron chi connectivity index (χ2n) is 5.98. The fourth-order valence-electron chi connectivity index (χ4n) is 2.62. The Balaban J connectivity index is 2.15. The molecule has 130 valence electrons. The Bertz CT molecular complexity index is 741. The van der Waals surface area contributed by atoms with E-state index in [0.29, 0.717) is 5.56 Å². The highest BCUT2D eigenvalue weighted by atomic mass is 16.4. The molecule has 2 aromatic rings. The van der Waals surface area contributed by atoms with Gasteiger partial charge < -0.3 is 5.11 Å². The van der Waals surface area contributed by atoms with Gasteiger partial charge in [0.05, 0.1) is 5.57 Å². The van der Waals surface area contributed by atoms with E-state index in [1.807, 2.05) is 43.5 Å². The van der Waals surface area contributed by atoms with Crippen molar-refractivity contribution in [2.24, 2.45) is 0 Å². The molecular formula is C22H25NO2. The topological polar surface area (TPSA) is 50.2 Å². The number of aromatic nitrogens is 1. The number of hydrogen-bond donors (Lipinski definition) is 1. The number of nitrogens with zero attached hydrogens (tertiary/aromatic N) is 1. The first-order valence-electron chi connectivity index (χ1n) is 8.77. The van der Waals surface area contributed by atoms with E-state index in [1.165, 1.54) is 19.3 Å². The van der Waals surface area contributed by atoms with Crippen LogP contribution in [0.1, 0.15) is 44.4 Å². The molecule has 1 N–H and O–H groups in total. The van der Waals surface area contributed by atoms with Gasteiger partial charge in [-0.05, 0) is 43.0 Å². The zero-order valence-electron chi connectivity index (χ0n) is 14.9. The standard InChI is InChI=1S/C22H25NO2/c1-3-5-7-8-20-15-14-19(16-23-20)17-10-12-18(13-11-17)21(22(24)25)9-6-4-2/h4,6,9-16H,3,5,7-8H2,1-2H3,(H,24,25). The summed E-state index contributed by atoms with van der Waals surface area (Å²) >= 11 is 0. The number of carboxylic acid groups (broad SMARTS) is 1. The molecule has 0 fully saturated rings. The van der Waals surface area contributed by atoms with Crippen LogP contribution in [0.2, 0.25) is 0 Å². The highest BCUT2D eigenvalue weighted by molar-refractivity contribution is 6.15. The monoisotopic (exact) mass is 335 g/mol. The molecule has 0 bridgehead atoms. The minimum atomic E-state index is -0.927. The van der Waals surface area contributed by atoms with Crippen molar-refractivity contribution in [1.29, 1.82) is 0 Å². The number of aliphatic carboxylic acids is 1. The number of aryl methyl sites for hydroxylation is 1. The van der Waals surface area contributed by atoms with Gasteiger partial charge in [-0.1, -0.05) is 62.2 Å². The zero-order chi connectivity index (χ0) is 18.1. The first kappa shape index (κ1) is 18.7. The zero-order valence-corrected chi connectivity index (χ0v) is 14.9. The Morgan fingerprint density at radius 2 is 1.80 bits per heavy atom. The van der Waals surface area contributed by atoms with Crippen molar-refractivity contribution in [2.45, 2.75) is 39.5 Å². The molecule has 0 amide bonds. The maximum atomic E-state index is 11.4. The van der Waals surface area contributed by atoms with Crippen molar-refractivity contribution >= 4 is 11.5 Å². The van der Waals surface area contributed by atoms with Crippen LogP contribution in [0.5, 0.6) is 0 Å². The normalized spacial score (nSPS) is 11.8. The van der Waals surface area contributed by atoms with Gasteiger partial charge in [0.15, 0.2) is 0 Å². The van der Waals surface area contributed by atoms with Crippen LogP contribution in [-0.4, -0.2) is 16.1 Å². The molecule has 3 heteroatoms. The summed E-state index contributed by atoms with van der Waals surface area (Å²) in [5.74, 6) is -0.927. The molecule has 1 aromatic heterocycles. The molecule has 0 saturated carbocycles. The van der Waals surface area contributed by atoms with Gasteiger partial charge in [-0.15, -0.1) is 0 Å². The fraction of sp³-hybridized carbons (Fsp3) is 0.273. The van der Waals surface area contributed by atoms with E-state index in [0.717, 1.165) is 23.2 Å². The largest absolute Gasteiger partial charge is 0.478 e. The van der Waals surface area contributed by atoms with Gasteiger partial charge in [0.25, 0.3) is 0 Å². The third-order valence-corrected chi connectivity index (χ3v) is 4.08. The summed E-state index contributed by atoms with van der Waals surface area (Å²) in [6.45, 7) is 4.06. The van der Waals surface area contributed by atoms with Gasteiger partial charge in [-0.3, -0.25) is 4.98 Å². The Morgan fingerprint density at radius 1 is 1.08 bits per heavy atom. The Hall–Kier alpha value is -2.68. The molecule has 0 atom stereocenters. The molecule has 2 rings (SSSR count). The van der Waals surface area contributed by atoms with Crippen LogP contribution in [0.25, 0.3) is 16.7 Å². The van der Waals surface area contributed by atoms with E-state index >= 15 is 0 Å². The molecule has 3 nitrogen and oxygen atoms in total. The number of pyridine rings is 1. The summed E-state index contributed by atoms with van der Waals surface area (Å²) in [6.07, 6.45) is 11.7. The molecule has 0 aliphatic carbocycles. The van der Waals surface area contributed by atoms with Crippen LogP contribution in [0.4, 0.5) is 0 Å². The van der Waals surface area contributed by atoms with Gasteiger partial charge in [-0.2, -0.15) is 0 Å². The van der Waals surface area contributed by atoms with Crippen molar-refractivity contribution in [1.82, 2.24) is 4.98 Å². The third kappa shape index (κ3) is 5.42. The Morgan fingerprint density at radius 3 is 2.36 bits per heavy atom. The van der Waals surface area contributed by atoms with Gasteiger partial charge >= 0.3 is 5.97 Å². The van der Waals surface area contributed by atoms with Crippen LogP contribution in [0, 0.1) is 0 Å². The second-order valence-corrected chi connectivity index (χ2v) is 5.98. The second kappa shape index (κ2) is 9.58. The van der Waals surface area contributed by atoms with Gasteiger partial charge in [0.2, 0.25) is 0 Å². The van der Waals surface area contributed by atoms with Crippen molar-refractivity contribution in [3.63, 3.8) is 0 Å². The molecule has 0 aliphatic rings. The lowest BCUT2D eigenvalue weighted by atomic mass is 10.0. The summed E-state index contributed by atoms with van der Waals surface area (Å²) in [5, 5.41) is 9.35. The van der Waals surface area contributed by atoms with Gasteiger partial charge in [-0.25, -0.2) is 4.79 Å². The molecule has 25 heavy (non-hydrogen) atoms. The third-order valence-electron chi connectivity index (χ3n) is 4.08. The SMILES string of the molecule is CC=CC=C(C(=O)O)c1ccc(-c2ccc(CCCCC)nc2)cc1. The predicted octanol–water partition coefficient (Wildman–Crippen LogP) is 5.53. The van der Waals surface area contributed by atoms with Crippen molar-refractivity contribution in [3.05, 3.63) is 72.1 Å². The highest BCUT2D eigenvalue weighted by Gasteiger charge is 2.09. The summed E-state index contributed by atoms with van der Waals surface area (Å²) in [5.41, 5.74) is 4.18. The van der Waals surface area contributed by atoms with E-state index in [1.54, 1.807) is 12.2 Å². The van der Waals surface area contributed by atoms with E-state index in [4.69, 9.17) is 0 Å². The summed E-state index contributed by atoms with van der Waals surface area (Å²) in [6, 6.07) is 11.7. The Labute approximate surface area is 149 Å². The number of hydrogen-bond acceptors (Lipinski definition) is 2. The lowest BCUT2D eigenvalue weighted by Crippen LogP contribution is -1.99.